The van der Waals surface area contributed by atoms with Crippen LogP contribution in [0.3, 0.4) is 0 Å². The van der Waals surface area contributed by atoms with E-state index in [0.717, 1.165) is 27.4 Å². The number of amides is 1. The Morgan fingerprint density at radius 2 is 1.44 bits per heavy atom. The van der Waals surface area contributed by atoms with Crippen LogP contribution in [-0.2, 0) is 7.05 Å². The van der Waals surface area contributed by atoms with E-state index in [0.29, 0.717) is 22.3 Å². The number of aryl methyl sites for hydroxylation is 2. The van der Waals surface area contributed by atoms with Gasteiger partial charge in [0, 0.05) is 18.0 Å². The molecule has 4 aromatic carbocycles. The van der Waals surface area contributed by atoms with Crippen molar-refractivity contribution in [3.05, 3.63) is 112 Å². The minimum Gasteiger partial charge on any atom is -0.330 e. The van der Waals surface area contributed by atoms with Crippen LogP contribution in [0.15, 0.2) is 95.8 Å². The molecule has 0 aliphatic heterocycles. The predicted octanol–water partition coefficient (Wildman–Crippen LogP) is 5.92. The van der Waals surface area contributed by atoms with Gasteiger partial charge in [0.15, 0.2) is 5.43 Å². The minimum absolute atomic E-state index is 0.102. The van der Waals surface area contributed by atoms with E-state index in [2.05, 4.69) is 5.32 Å². The first-order valence-electron chi connectivity index (χ1n) is 10.5. The van der Waals surface area contributed by atoms with Gasteiger partial charge in [-0.1, -0.05) is 72.8 Å². The zero-order valence-corrected chi connectivity index (χ0v) is 17.9. The summed E-state index contributed by atoms with van der Waals surface area (Å²) in [7, 11) is 1.88. The average Bonchev–Trinajstić information content (AvgIpc) is 2.82. The summed E-state index contributed by atoms with van der Waals surface area (Å²) in [6.45, 7) is 1.90. The second kappa shape index (κ2) is 7.82. The zero-order valence-electron chi connectivity index (χ0n) is 17.9. The van der Waals surface area contributed by atoms with Gasteiger partial charge in [0.1, 0.15) is 5.82 Å². The first-order chi connectivity index (χ1) is 15.6. The van der Waals surface area contributed by atoms with E-state index in [-0.39, 0.29) is 11.3 Å². The molecule has 0 saturated carbocycles. The molecule has 1 N–H and O–H groups in total. The van der Waals surface area contributed by atoms with Crippen molar-refractivity contribution in [2.45, 2.75) is 6.92 Å². The molecule has 0 spiro atoms. The van der Waals surface area contributed by atoms with Crippen LogP contribution >= 0.6 is 0 Å². The summed E-state index contributed by atoms with van der Waals surface area (Å²) < 4.78 is 1.89. The molecular formula is C28H22N2O2. The summed E-state index contributed by atoms with van der Waals surface area (Å²) in [5, 5.41) is 5.68. The fourth-order valence-corrected chi connectivity index (χ4v) is 4.33. The quantitative estimate of drug-likeness (QED) is 0.395. The molecule has 5 aromatic rings. The number of fused-ring (bicyclic) bond motifs is 2. The summed E-state index contributed by atoms with van der Waals surface area (Å²) in [5.41, 5.74) is 3.41. The van der Waals surface area contributed by atoms with Gasteiger partial charge in [-0.15, -0.1) is 0 Å². The topological polar surface area (TPSA) is 51.1 Å². The summed E-state index contributed by atoms with van der Waals surface area (Å²) >= 11 is 0. The number of anilines is 1. The Kier molecular flexibility index (Phi) is 4.83. The molecule has 4 nitrogen and oxygen atoms in total. The number of carbonyl (C=O) groups excluding carboxylic acids is 1. The van der Waals surface area contributed by atoms with E-state index >= 15 is 0 Å². The molecule has 5 rings (SSSR count). The fraction of sp³-hybridized carbons (Fsp3) is 0.0714. The maximum Gasteiger partial charge on any atom is 0.257 e. The highest BCUT2D eigenvalue weighted by Crippen LogP contribution is 2.33. The first-order valence-corrected chi connectivity index (χ1v) is 10.5. The van der Waals surface area contributed by atoms with Gasteiger partial charge in [-0.2, -0.15) is 0 Å². The second-order valence-electron chi connectivity index (χ2n) is 7.92. The van der Waals surface area contributed by atoms with Crippen LogP contribution in [0.4, 0.5) is 5.82 Å². The normalized spacial score (nSPS) is 11.1. The molecule has 1 aromatic heterocycles. The van der Waals surface area contributed by atoms with Crippen molar-refractivity contribution in [1.82, 2.24) is 4.57 Å². The van der Waals surface area contributed by atoms with E-state index in [1.807, 2.05) is 103 Å². The molecule has 32 heavy (non-hydrogen) atoms. The van der Waals surface area contributed by atoms with Gasteiger partial charge in [-0.25, -0.2) is 0 Å². The molecule has 0 unspecified atom stereocenters. The highest BCUT2D eigenvalue weighted by atomic mass is 16.1. The smallest absolute Gasteiger partial charge is 0.257 e. The molecule has 0 bridgehead atoms. The Balaban J connectivity index is 1.82. The summed E-state index contributed by atoms with van der Waals surface area (Å²) in [5.74, 6) is 0.244. The maximum absolute atomic E-state index is 13.8. The van der Waals surface area contributed by atoms with Gasteiger partial charge < -0.3 is 9.88 Å². The number of hydrogen-bond donors (Lipinski definition) is 1. The molecule has 0 fully saturated rings. The van der Waals surface area contributed by atoms with Gasteiger partial charge in [-0.05, 0) is 47.0 Å². The lowest BCUT2D eigenvalue weighted by atomic mass is 9.96. The van der Waals surface area contributed by atoms with Crippen LogP contribution in [0.5, 0.6) is 0 Å². The highest BCUT2D eigenvalue weighted by molar-refractivity contribution is 6.09. The maximum atomic E-state index is 13.8. The Morgan fingerprint density at radius 1 is 0.781 bits per heavy atom. The lowest BCUT2D eigenvalue weighted by Gasteiger charge is -2.19. The third-order valence-corrected chi connectivity index (χ3v) is 5.99. The lowest BCUT2D eigenvalue weighted by Crippen LogP contribution is -2.22. The number of pyridine rings is 1. The molecule has 0 aliphatic carbocycles. The fourth-order valence-electron chi connectivity index (χ4n) is 4.33. The van der Waals surface area contributed by atoms with Gasteiger partial charge in [-0.3, -0.25) is 9.59 Å². The Bertz CT molecular complexity index is 1560. The number of nitrogens with zero attached hydrogens (tertiary/aromatic N) is 1. The zero-order chi connectivity index (χ0) is 22.2. The molecule has 4 heteroatoms. The van der Waals surface area contributed by atoms with Crippen LogP contribution in [0.2, 0.25) is 0 Å². The highest BCUT2D eigenvalue weighted by Gasteiger charge is 2.21. The monoisotopic (exact) mass is 418 g/mol. The van der Waals surface area contributed by atoms with Gasteiger partial charge >= 0.3 is 0 Å². The number of aromatic nitrogens is 1. The van der Waals surface area contributed by atoms with Crippen molar-refractivity contribution in [2.24, 2.45) is 7.05 Å². The van der Waals surface area contributed by atoms with Gasteiger partial charge in [0.25, 0.3) is 5.91 Å². The summed E-state index contributed by atoms with van der Waals surface area (Å²) in [6, 6.07) is 28.8. The Morgan fingerprint density at radius 3 is 2.25 bits per heavy atom. The number of nitrogens with one attached hydrogen (secondary N) is 1. The third kappa shape index (κ3) is 3.17. The molecule has 0 radical (unpaired) electrons. The number of para-hydroxylation sites is 1. The summed E-state index contributed by atoms with van der Waals surface area (Å²) in [6.07, 6.45) is 0. The van der Waals surface area contributed by atoms with E-state index in [1.165, 1.54) is 0 Å². The Hall–Kier alpha value is -4.18. The van der Waals surface area contributed by atoms with Crippen LogP contribution < -0.4 is 10.7 Å². The molecule has 1 heterocycles. The van der Waals surface area contributed by atoms with Crippen molar-refractivity contribution in [2.75, 3.05) is 5.32 Å². The van der Waals surface area contributed by atoms with E-state index < -0.39 is 0 Å². The minimum atomic E-state index is -0.241. The van der Waals surface area contributed by atoms with Crippen LogP contribution in [0.25, 0.3) is 32.8 Å². The third-order valence-electron chi connectivity index (χ3n) is 5.99. The second-order valence-corrected chi connectivity index (χ2v) is 7.92. The van der Waals surface area contributed by atoms with Crippen LogP contribution in [-0.4, -0.2) is 10.5 Å². The molecule has 1 amide bonds. The van der Waals surface area contributed by atoms with Gasteiger partial charge in [0.05, 0.1) is 11.1 Å². The molecular weight excluding hydrogens is 396 g/mol. The standard InChI is InChI=1S/C28H22N2O2/c1-18-10-3-5-13-20(18)28(32)29-27-25(22-16-9-12-19-11-4-6-14-21(19)22)26(31)23-15-7-8-17-24(23)30(27)2/h3-17H,1-2H3,(H,29,32). The van der Waals surface area contributed by atoms with Crippen molar-refractivity contribution in [1.29, 1.82) is 0 Å². The SMILES string of the molecule is Cc1ccccc1C(=O)Nc1c(-c2cccc3ccccc23)c(=O)c2ccccc2n1C. The molecule has 0 atom stereocenters. The van der Waals surface area contributed by atoms with Gasteiger partial charge in [0.2, 0.25) is 0 Å². The summed E-state index contributed by atoms with van der Waals surface area (Å²) in [4.78, 5) is 27.0. The van der Waals surface area contributed by atoms with Crippen molar-refractivity contribution < 1.29 is 4.79 Å². The largest absolute Gasteiger partial charge is 0.330 e. The molecule has 156 valence electrons. The Labute approximate surface area is 185 Å². The van der Waals surface area contributed by atoms with Crippen molar-refractivity contribution in [3.8, 4) is 11.1 Å². The van der Waals surface area contributed by atoms with Crippen LogP contribution in [0.1, 0.15) is 15.9 Å². The van der Waals surface area contributed by atoms with E-state index in [1.54, 1.807) is 6.07 Å². The van der Waals surface area contributed by atoms with Crippen LogP contribution in [0, 0.1) is 6.92 Å². The number of carbonyl (C=O) groups is 1. The number of benzene rings is 4. The first kappa shape index (κ1) is 19.8. The number of hydrogen-bond acceptors (Lipinski definition) is 2. The van der Waals surface area contributed by atoms with Crippen molar-refractivity contribution >= 4 is 33.4 Å². The van der Waals surface area contributed by atoms with Crippen molar-refractivity contribution in [3.63, 3.8) is 0 Å². The predicted molar refractivity (Wildman–Crippen MR) is 131 cm³/mol. The molecule has 0 saturated heterocycles. The number of rotatable bonds is 3. The van der Waals surface area contributed by atoms with E-state index in [9.17, 15) is 9.59 Å². The molecule has 0 aliphatic rings. The average molecular weight is 418 g/mol. The lowest BCUT2D eigenvalue weighted by molar-refractivity contribution is 0.102. The van der Waals surface area contributed by atoms with E-state index in [4.69, 9.17) is 0 Å².